The van der Waals surface area contributed by atoms with Crippen LogP contribution in [0.2, 0.25) is 0 Å². The van der Waals surface area contributed by atoms with Crippen LogP contribution in [-0.4, -0.2) is 41.5 Å². The number of likely N-dealkylation sites (tertiary alicyclic amines) is 1. The van der Waals surface area contributed by atoms with Crippen molar-refractivity contribution in [3.8, 4) is 11.5 Å². The Kier molecular flexibility index (Phi) is 5.57. The highest BCUT2D eigenvalue weighted by molar-refractivity contribution is 6.46. The molecule has 33 heavy (non-hydrogen) atoms. The predicted octanol–water partition coefficient (Wildman–Crippen LogP) is 4.12. The second-order valence-electron chi connectivity index (χ2n) is 8.00. The average Bonchev–Trinajstić information content (AvgIpc) is 3.12. The van der Waals surface area contributed by atoms with E-state index in [2.05, 4.69) is 0 Å². The smallest absolute Gasteiger partial charge is 0.295 e. The number of amides is 1. The molecule has 3 aromatic carbocycles. The fourth-order valence-corrected chi connectivity index (χ4v) is 4.33. The van der Waals surface area contributed by atoms with Gasteiger partial charge in [0, 0.05) is 12.1 Å². The highest BCUT2D eigenvalue weighted by Gasteiger charge is 2.45. The maximum absolute atomic E-state index is 13.1. The molecule has 3 aromatic rings. The molecule has 1 fully saturated rings. The molecule has 0 aliphatic carbocycles. The van der Waals surface area contributed by atoms with Crippen LogP contribution in [0.1, 0.15) is 22.7 Å². The van der Waals surface area contributed by atoms with Crippen LogP contribution >= 0.6 is 0 Å². The first-order valence-corrected chi connectivity index (χ1v) is 10.9. The van der Waals surface area contributed by atoms with E-state index in [1.165, 1.54) is 0 Å². The largest absolute Gasteiger partial charge is 0.507 e. The van der Waals surface area contributed by atoms with Crippen LogP contribution in [0.5, 0.6) is 11.5 Å². The van der Waals surface area contributed by atoms with Crippen molar-refractivity contribution in [3.05, 3.63) is 101 Å². The van der Waals surface area contributed by atoms with Gasteiger partial charge >= 0.3 is 0 Å². The van der Waals surface area contributed by atoms with E-state index in [9.17, 15) is 14.7 Å². The fourth-order valence-electron chi connectivity index (χ4n) is 4.33. The minimum atomic E-state index is -0.690. The number of hydrogen-bond acceptors (Lipinski definition) is 5. The molecule has 2 aliphatic rings. The predicted molar refractivity (Wildman–Crippen MR) is 123 cm³/mol. The Balaban J connectivity index is 1.56. The zero-order chi connectivity index (χ0) is 22.8. The van der Waals surface area contributed by atoms with Gasteiger partial charge in [-0.3, -0.25) is 9.59 Å². The number of benzene rings is 3. The molecular weight excluding hydrogens is 418 g/mol. The number of hydrogen-bond donors (Lipinski definition) is 1. The van der Waals surface area contributed by atoms with Gasteiger partial charge < -0.3 is 19.5 Å². The Morgan fingerprint density at radius 3 is 2.27 bits per heavy atom. The van der Waals surface area contributed by atoms with Gasteiger partial charge in [0.15, 0.2) is 11.5 Å². The first-order valence-electron chi connectivity index (χ1n) is 10.9. The molecule has 1 amide bonds. The van der Waals surface area contributed by atoms with Gasteiger partial charge in [0.25, 0.3) is 11.7 Å². The van der Waals surface area contributed by atoms with Gasteiger partial charge in [-0.05, 0) is 35.7 Å². The number of aliphatic hydroxyl groups is 1. The Bertz CT molecular complexity index is 1220. The monoisotopic (exact) mass is 441 g/mol. The molecule has 0 aromatic heterocycles. The number of rotatable bonds is 5. The lowest BCUT2D eigenvalue weighted by atomic mass is 9.95. The Hall–Kier alpha value is -4.06. The molecule has 1 atom stereocenters. The second kappa shape index (κ2) is 8.82. The molecule has 1 N–H and O–H groups in total. The summed E-state index contributed by atoms with van der Waals surface area (Å²) < 4.78 is 11.2. The molecule has 1 saturated heterocycles. The Morgan fingerprint density at radius 2 is 1.55 bits per heavy atom. The van der Waals surface area contributed by atoms with Crippen LogP contribution in [-0.2, 0) is 16.0 Å². The summed E-state index contributed by atoms with van der Waals surface area (Å²) in [6, 6.07) is 23.5. The van der Waals surface area contributed by atoms with Crippen molar-refractivity contribution in [1.29, 1.82) is 0 Å². The SMILES string of the molecule is O=C1C(=O)N(CCc2ccccc2)[C@H](c2ccccc2)/C1=C(\O)c1ccc2c(c1)OCCO2. The van der Waals surface area contributed by atoms with Crippen molar-refractivity contribution in [3.63, 3.8) is 0 Å². The van der Waals surface area contributed by atoms with Gasteiger partial charge in [0.2, 0.25) is 0 Å². The number of aliphatic hydroxyl groups excluding tert-OH is 1. The van der Waals surface area contributed by atoms with E-state index in [4.69, 9.17) is 9.47 Å². The molecule has 0 radical (unpaired) electrons. The first kappa shape index (κ1) is 20.8. The Morgan fingerprint density at radius 1 is 0.879 bits per heavy atom. The van der Waals surface area contributed by atoms with Crippen molar-refractivity contribution in [1.82, 2.24) is 4.90 Å². The van der Waals surface area contributed by atoms with E-state index in [1.54, 1.807) is 23.1 Å². The summed E-state index contributed by atoms with van der Waals surface area (Å²) in [5, 5.41) is 11.2. The minimum absolute atomic E-state index is 0.0796. The maximum atomic E-state index is 13.1. The molecular formula is C27H23NO5. The van der Waals surface area contributed by atoms with E-state index >= 15 is 0 Å². The van der Waals surface area contributed by atoms with Crippen LogP contribution in [0.4, 0.5) is 0 Å². The number of Topliss-reactive ketones (excluding diaryl/α,β-unsaturated/α-hetero) is 1. The first-order chi connectivity index (χ1) is 16.1. The highest BCUT2D eigenvalue weighted by Crippen LogP contribution is 2.41. The standard InChI is InChI=1S/C27H23NO5/c29-25(20-11-12-21-22(17-20)33-16-15-32-21)23-24(19-9-5-2-6-10-19)28(27(31)26(23)30)14-13-18-7-3-1-4-8-18/h1-12,17,24,29H,13-16H2/b25-23+/t24-/m1/s1. The number of carbonyl (C=O) groups excluding carboxylic acids is 2. The van der Waals surface area contributed by atoms with Crippen molar-refractivity contribution in [2.24, 2.45) is 0 Å². The molecule has 166 valence electrons. The van der Waals surface area contributed by atoms with Crippen LogP contribution in [0, 0.1) is 0 Å². The fraction of sp³-hybridized carbons (Fsp3) is 0.185. The summed E-state index contributed by atoms with van der Waals surface area (Å²) in [7, 11) is 0. The molecule has 2 aliphatic heterocycles. The van der Waals surface area contributed by atoms with E-state index in [-0.39, 0.29) is 11.3 Å². The van der Waals surface area contributed by atoms with Crippen molar-refractivity contribution in [2.45, 2.75) is 12.5 Å². The summed E-state index contributed by atoms with van der Waals surface area (Å²) in [6.45, 7) is 1.22. The lowest BCUT2D eigenvalue weighted by Crippen LogP contribution is -2.31. The van der Waals surface area contributed by atoms with E-state index in [1.807, 2.05) is 60.7 Å². The zero-order valence-electron chi connectivity index (χ0n) is 17.9. The van der Waals surface area contributed by atoms with Gasteiger partial charge in [0.1, 0.15) is 19.0 Å². The van der Waals surface area contributed by atoms with E-state index < -0.39 is 17.7 Å². The summed E-state index contributed by atoms with van der Waals surface area (Å²) >= 11 is 0. The number of carbonyl (C=O) groups is 2. The number of ether oxygens (including phenoxy) is 2. The third-order valence-corrected chi connectivity index (χ3v) is 5.96. The third kappa shape index (κ3) is 3.96. The van der Waals surface area contributed by atoms with Gasteiger partial charge in [0.05, 0.1) is 11.6 Å². The average molecular weight is 441 g/mol. The van der Waals surface area contributed by atoms with Gasteiger partial charge in [-0.25, -0.2) is 0 Å². The molecule has 0 bridgehead atoms. The maximum Gasteiger partial charge on any atom is 0.295 e. The third-order valence-electron chi connectivity index (χ3n) is 5.96. The molecule has 5 rings (SSSR count). The highest BCUT2D eigenvalue weighted by atomic mass is 16.6. The van der Waals surface area contributed by atoms with Crippen LogP contribution in [0.3, 0.4) is 0 Å². The molecule has 0 unspecified atom stereocenters. The van der Waals surface area contributed by atoms with Crippen LogP contribution < -0.4 is 9.47 Å². The molecule has 0 spiro atoms. The van der Waals surface area contributed by atoms with Gasteiger partial charge in [-0.15, -0.1) is 0 Å². The van der Waals surface area contributed by atoms with Crippen molar-refractivity contribution < 1.29 is 24.2 Å². The van der Waals surface area contributed by atoms with Crippen molar-refractivity contribution in [2.75, 3.05) is 19.8 Å². The zero-order valence-corrected chi connectivity index (χ0v) is 17.9. The van der Waals surface area contributed by atoms with Crippen LogP contribution in [0.15, 0.2) is 84.4 Å². The normalized spacial score (nSPS) is 19.0. The van der Waals surface area contributed by atoms with Gasteiger partial charge in [-0.1, -0.05) is 60.7 Å². The molecule has 0 saturated carbocycles. The molecule has 6 nitrogen and oxygen atoms in total. The van der Waals surface area contributed by atoms with Crippen LogP contribution in [0.25, 0.3) is 5.76 Å². The number of nitrogens with zero attached hydrogens (tertiary/aromatic N) is 1. The molecule has 2 heterocycles. The summed E-state index contributed by atoms with van der Waals surface area (Å²) in [4.78, 5) is 27.8. The minimum Gasteiger partial charge on any atom is -0.507 e. The summed E-state index contributed by atoms with van der Waals surface area (Å²) in [5.41, 5.74) is 2.32. The summed E-state index contributed by atoms with van der Waals surface area (Å²) in [6.07, 6.45) is 0.598. The lowest BCUT2D eigenvalue weighted by Gasteiger charge is -2.25. The summed E-state index contributed by atoms with van der Waals surface area (Å²) in [5.74, 6) is -0.440. The van der Waals surface area contributed by atoms with Gasteiger partial charge in [-0.2, -0.15) is 0 Å². The topological polar surface area (TPSA) is 76.1 Å². The number of ketones is 1. The number of fused-ring (bicyclic) bond motifs is 1. The second-order valence-corrected chi connectivity index (χ2v) is 8.00. The van der Waals surface area contributed by atoms with E-state index in [0.717, 1.165) is 11.1 Å². The quantitative estimate of drug-likeness (QED) is 0.366. The molecule has 6 heteroatoms. The Labute approximate surface area is 191 Å². The van der Waals surface area contributed by atoms with E-state index in [0.29, 0.717) is 43.2 Å². The lowest BCUT2D eigenvalue weighted by molar-refractivity contribution is -0.139. The van der Waals surface area contributed by atoms with Crippen molar-refractivity contribution >= 4 is 17.4 Å².